The zero-order chi connectivity index (χ0) is 19.4. The van der Waals surface area contributed by atoms with Gasteiger partial charge in [-0.25, -0.2) is 9.18 Å². The Morgan fingerprint density at radius 3 is 2.35 bits per heavy atom. The van der Waals surface area contributed by atoms with Gasteiger partial charge in [-0.15, -0.1) is 23.5 Å². The van der Waals surface area contributed by atoms with Gasteiger partial charge in [0.1, 0.15) is 10.2 Å². The smallest absolute Gasteiger partial charge is 0.362 e. The lowest BCUT2D eigenvalue weighted by molar-refractivity contribution is -0.159. The van der Waals surface area contributed by atoms with E-state index in [1.807, 2.05) is 0 Å². The molecule has 0 amide bonds. The molecule has 0 aromatic heterocycles. The number of rotatable bonds is 5. The molecule has 0 radical (unpaired) electrons. The van der Waals surface area contributed by atoms with Crippen LogP contribution in [0.25, 0.3) is 0 Å². The fraction of sp³-hybridized carbons (Fsp3) is 0.933. The van der Waals surface area contributed by atoms with E-state index >= 15 is 0 Å². The number of esters is 1. The minimum atomic E-state index is -5.25. The minimum absolute atomic E-state index is 0.0110. The average molecular weight is 431 g/mol. The first-order valence-electron chi connectivity index (χ1n) is 8.38. The predicted molar refractivity (Wildman–Crippen MR) is 96.0 cm³/mol. The van der Waals surface area contributed by atoms with Crippen molar-refractivity contribution in [3.8, 4) is 0 Å². The first-order valence-corrected chi connectivity index (χ1v) is 11.8. The van der Waals surface area contributed by atoms with E-state index in [1.54, 1.807) is 0 Å². The van der Waals surface area contributed by atoms with E-state index in [1.165, 1.54) is 23.5 Å². The number of aliphatic hydroxyl groups is 2. The molecule has 4 unspecified atom stereocenters. The minimum Gasteiger partial charge on any atom is -0.456 e. The van der Waals surface area contributed by atoms with Crippen molar-refractivity contribution in [1.82, 2.24) is 0 Å². The van der Waals surface area contributed by atoms with Gasteiger partial charge < -0.3 is 14.9 Å². The molecule has 1 heterocycles. The SMILES string of the molecule is CC(F)(C(=O)OC1C2CCC(C2)C12SCC(CO)(CO)CS2)S(=O)(=O)O. The maximum Gasteiger partial charge on any atom is 0.362 e. The molecule has 7 nitrogen and oxygen atoms in total. The molecule has 3 N–H and O–H groups in total. The van der Waals surface area contributed by atoms with Gasteiger partial charge in [-0.1, -0.05) is 0 Å². The number of hydrogen-bond acceptors (Lipinski definition) is 8. The zero-order valence-corrected chi connectivity index (χ0v) is 16.7. The van der Waals surface area contributed by atoms with Crippen molar-refractivity contribution in [2.45, 2.75) is 41.4 Å². The van der Waals surface area contributed by atoms with Gasteiger partial charge in [0.25, 0.3) is 0 Å². The number of alkyl halides is 1. The first kappa shape index (κ1) is 20.7. The molecule has 0 aromatic carbocycles. The number of hydrogen-bond donors (Lipinski definition) is 3. The lowest BCUT2D eigenvalue weighted by Crippen LogP contribution is -2.53. The molecule has 1 spiro atoms. The van der Waals surface area contributed by atoms with E-state index in [0.29, 0.717) is 18.4 Å². The molecule has 1 saturated heterocycles. The van der Waals surface area contributed by atoms with Crippen LogP contribution < -0.4 is 0 Å². The van der Waals surface area contributed by atoms with Crippen molar-refractivity contribution in [3.63, 3.8) is 0 Å². The van der Waals surface area contributed by atoms with Crippen molar-refractivity contribution < 1.29 is 37.1 Å². The second-order valence-corrected chi connectivity index (χ2v) is 12.1. The molecule has 11 heteroatoms. The van der Waals surface area contributed by atoms with E-state index in [9.17, 15) is 27.8 Å². The third-order valence-corrected chi connectivity index (χ3v) is 11.2. The van der Waals surface area contributed by atoms with Crippen LogP contribution in [0.5, 0.6) is 0 Å². The van der Waals surface area contributed by atoms with E-state index in [0.717, 1.165) is 19.3 Å². The fourth-order valence-corrected chi connectivity index (χ4v) is 8.39. The summed E-state index contributed by atoms with van der Waals surface area (Å²) in [6.07, 6.45) is 1.88. The van der Waals surface area contributed by atoms with Crippen molar-refractivity contribution in [2.24, 2.45) is 17.3 Å². The van der Waals surface area contributed by atoms with Crippen LogP contribution in [-0.2, 0) is 19.6 Å². The number of fused-ring (bicyclic) bond motifs is 3. The summed E-state index contributed by atoms with van der Waals surface area (Å²) in [5.74, 6) is -0.422. The van der Waals surface area contributed by atoms with Gasteiger partial charge in [-0.05, 0) is 38.0 Å². The Morgan fingerprint density at radius 2 is 1.85 bits per heavy atom. The molecule has 3 fully saturated rings. The van der Waals surface area contributed by atoms with Gasteiger partial charge in [-0.2, -0.15) is 8.42 Å². The zero-order valence-electron chi connectivity index (χ0n) is 14.3. The van der Waals surface area contributed by atoms with Crippen LogP contribution >= 0.6 is 23.5 Å². The molecule has 2 aliphatic carbocycles. The Bertz CT molecular complexity index is 667. The van der Waals surface area contributed by atoms with Gasteiger partial charge in [0.15, 0.2) is 0 Å². The Labute approximate surface area is 160 Å². The number of halogens is 1. The molecule has 0 aromatic rings. The Kier molecular flexibility index (Phi) is 5.38. The highest BCUT2D eigenvalue weighted by Crippen LogP contribution is 2.66. The highest BCUT2D eigenvalue weighted by molar-refractivity contribution is 8.19. The summed E-state index contributed by atoms with van der Waals surface area (Å²) in [6, 6.07) is 0. The van der Waals surface area contributed by atoms with Crippen molar-refractivity contribution >= 4 is 39.6 Å². The lowest BCUT2D eigenvalue weighted by Gasteiger charge is -2.49. The van der Waals surface area contributed by atoms with Crippen LogP contribution in [0, 0.1) is 17.3 Å². The molecule has 1 aliphatic heterocycles. The number of aliphatic hydroxyl groups excluding tert-OH is 2. The lowest BCUT2D eigenvalue weighted by atomic mass is 9.95. The molecule has 3 aliphatic rings. The van der Waals surface area contributed by atoms with Gasteiger partial charge in [0.2, 0.25) is 0 Å². The molecule has 26 heavy (non-hydrogen) atoms. The monoisotopic (exact) mass is 430 g/mol. The van der Waals surface area contributed by atoms with E-state index < -0.39 is 36.7 Å². The Morgan fingerprint density at radius 1 is 1.27 bits per heavy atom. The molecular weight excluding hydrogens is 407 g/mol. The van der Waals surface area contributed by atoms with Crippen LogP contribution in [-0.4, -0.2) is 69.1 Å². The second kappa shape index (κ2) is 6.77. The van der Waals surface area contributed by atoms with Gasteiger partial charge in [0, 0.05) is 16.9 Å². The van der Waals surface area contributed by atoms with Gasteiger partial charge in [0.05, 0.1) is 13.2 Å². The second-order valence-electron chi connectivity index (χ2n) is 7.60. The number of carbonyl (C=O) groups is 1. The standard InChI is InChI=1S/C15H23FO7S3/c1-13(16,26(20,21)22)12(19)23-11-9-2-3-10(4-9)15(11)24-7-14(5-17,6-18)8-25-15/h9-11,17-18H,2-8H2,1H3,(H,20,21,22). The quantitative estimate of drug-likeness (QED) is 0.434. The van der Waals surface area contributed by atoms with Crippen LogP contribution in [0.4, 0.5) is 4.39 Å². The van der Waals surface area contributed by atoms with Crippen molar-refractivity contribution in [2.75, 3.05) is 24.7 Å². The van der Waals surface area contributed by atoms with Crippen LogP contribution in [0.15, 0.2) is 0 Å². The van der Waals surface area contributed by atoms with E-state index in [4.69, 9.17) is 9.29 Å². The maximum atomic E-state index is 14.3. The summed E-state index contributed by atoms with van der Waals surface area (Å²) in [7, 11) is -5.25. The molecule has 2 bridgehead atoms. The third kappa shape index (κ3) is 3.08. The number of carbonyl (C=O) groups excluding carboxylic acids is 1. The normalized spacial score (nSPS) is 34.6. The van der Waals surface area contributed by atoms with Crippen molar-refractivity contribution in [1.29, 1.82) is 0 Å². The first-order chi connectivity index (χ1) is 12.0. The highest BCUT2D eigenvalue weighted by atomic mass is 32.2. The summed E-state index contributed by atoms with van der Waals surface area (Å²) in [5, 5.41) is 15.7. The molecular formula is C15H23FO7S3. The summed E-state index contributed by atoms with van der Waals surface area (Å²) < 4.78 is 50.4. The molecule has 150 valence electrons. The number of ether oxygens (including phenoxy) is 1. The summed E-state index contributed by atoms with van der Waals surface area (Å²) >= 11 is 2.98. The molecule has 2 saturated carbocycles. The van der Waals surface area contributed by atoms with Crippen molar-refractivity contribution in [3.05, 3.63) is 0 Å². The van der Waals surface area contributed by atoms with Crippen LogP contribution in [0.1, 0.15) is 26.2 Å². The molecule has 3 rings (SSSR count). The largest absolute Gasteiger partial charge is 0.456 e. The van der Waals surface area contributed by atoms with Gasteiger partial charge >= 0.3 is 21.1 Å². The number of thioether (sulfide) groups is 2. The highest BCUT2D eigenvalue weighted by Gasteiger charge is 2.64. The van der Waals surface area contributed by atoms with E-state index in [-0.39, 0.29) is 25.0 Å². The van der Waals surface area contributed by atoms with Crippen LogP contribution in [0.2, 0.25) is 0 Å². The Balaban J connectivity index is 1.82. The topological polar surface area (TPSA) is 121 Å². The molecule has 4 atom stereocenters. The summed E-state index contributed by atoms with van der Waals surface area (Å²) in [6.45, 7) is 0.154. The van der Waals surface area contributed by atoms with Crippen LogP contribution in [0.3, 0.4) is 0 Å². The Hall–Kier alpha value is -0.0700. The van der Waals surface area contributed by atoms with Gasteiger partial charge in [-0.3, -0.25) is 4.55 Å². The maximum absolute atomic E-state index is 14.3. The summed E-state index contributed by atoms with van der Waals surface area (Å²) in [4.78, 5) is 12.2. The summed E-state index contributed by atoms with van der Waals surface area (Å²) in [5.41, 5.74) is -0.625. The van der Waals surface area contributed by atoms with E-state index in [2.05, 4.69) is 0 Å². The fourth-order valence-electron chi connectivity index (χ4n) is 3.97. The predicted octanol–water partition coefficient (Wildman–Crippen LogP) is 1.05. The third-order valence-electron chi connectivity index (χ3n) is 5.83. The average Bonchev–Trinajstić information content (AvgIpc) is 3.17.